The highest BCUT2D eigenvalue weighted by Crippen LogP contribution is 2.36. The quantitative estimate of drug-likeness (QED) is 0.780. The Morgan fingerprint density at radius 2 is 1.91 bits per heavy atom. The van der Waals surface area contributed by atoms with Crippen LogP contribution in [0.2, 0.25) is 0 Å². The van der Waals surface area contributed by atoms with Crippen molar-refractivity contribution in [2.75, 3.05) is 0 Å². The first-order chi connectivity index (χ1) is 10.9. The van der Waals surface area contributed by atoms with Crippen molar-refractivity contribution in [2.24, 2.45) is 4.99 Å². The van der Waals surface area contributed by atoms with E-state index in [1.807, 2.05) is 31.2 Å². The van der Waals surface area contributed by atoms with Crippen molar-refractivity contribution in [2.45, 2.75) is 18.6 Å². The van der Waals surface area contributed by atoms with E-state index in [-0.39, 0.29) is 22.7 Å². The molecule has 0 spiro atoms. The first-order valence-electron chi connectivity index (χ1n) is 7.00. The molecule has 1 unspecified atom stereocenters. The van der Waals surface area contributed by atoms with Crippen molar-refractivity contribution in [3.63, 3.8) is 0 Å². The Balaban J connectivity index is 1.77. The van der Waals surface area contributed by atoms with E-state index in [0.717, 1.165) is 21.7 Å². The van der Waals surface area contributed by atoms with Crippen LogP contribution in [0.5, 0.6) is 11.5 Å². The van der Waals surface area contributed by atoms with Crippen molar-refractivity contribution >= 4 is 38.6 Å². The molecular weight excluding hydrogens is 378 g/mol. The van der Waals surface area contributed by atoms with Crippen LogP contribution >= 0.6 is 27.7 Å². The number of hydrogen-bond donors (Lipinski definition) is 2. The number of nitrogens with zero attached hydrogens (tertiary/aromatic N) is 1. The van der Waals surface area contributed by atoms with Gasteiger partial charge >= 0.3 is 0 Å². The summed E-state index contributed by atoms with van der Waals surface area (Å²) in [6, 6.07) is 11.1. The Morgan fingerprint density at radius 3 is 2.57 bits per heavy atom. The predicted octanol–water partition coefficient (Wildman–Crippen LogP) is 3.80. The van der Waals surface area contributed by atoms with Crippen LogP contribution in [-0.4, -0.2) is 26.4 Å². The van der Waals surface area contributed by atoms with Gasteiger partial charge in [0.25, 0.3) is 5.91 Å². The number of carbonyl (C=O) groups is 1. The molecule has 1 amide bonds. The lowest BCUT2D eigenvalue weighted by Gasteiger charge is -2.09. The molecule has 0 fully saturated rings. The smallest absolute Gasteiger partial charge is 0.260 e. The standard InChI is InChI=1S/C17H14BrNO3S/c1-9-2-4-11(5-3-9)17-19-16(22)14(23-17)8-10-6-12(18)15(21)13(20)7-10/h2-7,14,20-21H,8H2,1H3. The van der Waals surface area contributed by atoms with Crippen molar-refractivity contribution < 1.29 is 15.0 Å². The largest absolute Gasteiger partial charge is 0.504 e. The van der Waals surface area contributed by atoms with Crippen LogP contribution in [0.25, 0.3) is 0 Å². The molecule has 2 aromatic carbocycles. The van der Waals surface area contributed by atoms with Crippen LogP contribution in [0.3, 0.4) is 0 Å². The number of halogens is 1. The summed E-state index contributed by atoms with van der Waals surface area (Å²) >= 11 is 4.62. The minimum atomic E-state index is -0.317. The Hall–Kier alpha value is -1.79. The van der Waals surface area contributed by atoms with Gasteiger partial charge in [-0.1, -0.05) is 41.6 Å². The molecule has 3 rings (SSSR count). The molecule has 0 saturated carbocycles. The number of aliphatic imine (C=N–C) groups is 1. The monoisotopic (exact) mass is 391 g/mol. The first-order valence-corrected chi connectivity index (χ1v) is 8.68. The lowest BCUT2D eigenvalue weighted by Crippen LogP contribution is -2.13. The highest BCUT2D eigenvalue weighted by atomic mass is 79.9. The summed E-state index contributed by atoms with van der Waals surface area (Å²) in [6.07, 6.45) is 0.439. The molecule has 1 aliphatic rings. The van der Waals surface area contributed by atoms with E-state index in [0.29, 0.717) is 10.9 Å². The maximum atomic E-state index is 12.1. The van der Waals surface area contributed by atoms with Crippen molar-refractivity contribution in [3.8, 4) is 11.5 Å². The molecule has 23 heavy (non-hydrogen) atoms. The van der Waals surface area contributed by atoms with E-state index in [2.05, 4.69) is 20.9 Å². The molecular formula is C17H14BrNO3S. The predicted molar refractivity (Wildman–Crippen MR) is 95.3 cm³/mol. The Bertz CT molecular complexity index is 779. The van der Waals surface area contributed by atoms with Gasteiger partial charge in [-0.3, -0.25) is 4.79 Å². The summed E-state index contributed by atoms with van der Waals surface area (Å²) in [6.45, 7) is 2.01. The summed E-state index contributed by atoms with van der Waals surface area (Å²) in [5.41, 5.74) is 2.86. The maximum absolute atomic E-state index is 12.1. The molecule has 1 heterocycles. The number of phenolic OH excluding ortho intramolecular Hbond substituents is 2. The summed E-state index contributed by atoms with van der Waals surface area (Å²) in [4.78, 5) is 16.3. The van der Waals surface area contributed by atoms with Gasteiger partial charge in [0.15, 0.2) is 11.5 Å². The van der Waals surface area contributed by atoms with Crippen LogP contribution in [0.4, 0.5) is 0 Å². The molecule has 4 nitrogen and oxygen atoms in total. The third-order valence-electron chi connectivity index (χ3n) is 3.56. The van der Waals surface area contributed by atoms with Gasteiger partial charge in [0, 0.05) is 5.56 Å². The molecule has 1 aliphatic heterocycles. The molecule has 0 aliphatic carbocycles. The molecule has 6 heteroatoms. The fourth-order valence-electron chi connectivity index (χ4n) is 2.31. The second-order valence-corrected chi connectivity index (χ2v) is 7.42. The first kappa shape index (κ1) is 16.1. The van der Waals surface area contributed by atoms with E-state index < -0.39 is 0 Å². The molecule has 0 bridgehead atoms. The lowest BCUT2D eigenvalue weighted by atomic mass is 10.1. The molecule has 2 aromatic rings. The summed E-state index contributed by atoms with van der Waals surface area (Å²) < 4.78 is 0.405. The average molecular weight is 392 g/mol. The topological polar surface area (TPSA) is 69.9 Å². The molecule has 0 saturated heterocycles. The van der Waals surface area contributed by atoms with Gasteiger partial charge in [-0.15, -0.1) is 0 Å². The van der Waals surface area contributed by atoms with E-state index in [1.54, 1.807) is 6.07 Å². The second-order valence-electron chi connectivity index (χ2n) is 5.38. The number of carbonyl (C=O) groups excluding carboxylic acids is 1. The Morgan fingerprint density at radius 1 is 1.22 bits per heavy atom. The van der Waals surface area contributed by atoms with E-state index in [4.69, 9.17) is 0 Å². The second kappa shape index (κ2) is 6.37. The minimum absolute atomic E-state index is 0.172. The molecule has 0 radical (unpaired) electrons. The molecule has 0 aromatic heterocycles. The zero-order valence-electron chi connectivity index (χ0n) is 12.3. The summed E-state index contributed by atoms with van der Waals surface area (Å²) in [7, 11) is 0. The van der Waals surface area contributed by atoms with Crippen LogP contribution in [-0.2, 0) is 11.2 Å². The van der Waals surface area contributed by atoms with Crippen molar-refractivity contribution in [3.05, 3.63) is 57.6 Å². The molecule has 1 atom stereocenters. The van der Waals surface area contributed by atoms with Gasteiger partial charge in [0.2, 0.25) is 0 Å². The van der Waals surface area contributed by atoms with Crippen LogP contribution in [0.15, 0.2) is 45.9 Å². The highest BCUT2D eigenvalue weighted by molar-refractivity contribution is 9.10. The lowest BCUT2D eigenvalue weighted by molar-refractivity contribution is -0.117. The van der Waals surface area contributed by atoms with Crippen molar-refractivity contribution in [1.29, 1.82) is 0 Å². The van der Waals surface area contributed by atoms with Gasteiger partial charge < -0.3 is 10.2 Å². The number of aryl methyl sites for hydroxylation is 1. The van der Waals surface area contributed by atoms with E-state index in [1.165, 1.54) is 17.8 Å². The average Bonchev–Trinajstić information content (AvgIpc) is 2.86. The number of benzene rings is 2. The third-order valence-corrected chi connectivity index (χ3v) is 5.37. The SMILES string of the molecule is Cc1ccc(C2=NC(=O)C(Cc3cc(O)c(O)c(Br)c3)S2)cc1. The summed E-state index contributed by atoms with van der Waals surface area (Å²) in [5.74, 6) is -0.575. The number of thioether (sulfide) groups is 1. The van der Waals surface area contributed by atoms with Gasteiger partial charge in [-0.2, -0.15) is 0 Å². The van der Waals surface area contributed by atoms with Gasteiger partial charge in [0.1, 0.15) is 5.04 Å². The maximum Gasteiger partial charge on any atom is 0.260 e. The number of amides is 1. The van der Waals surface area contributed by atoms with Gasteiger partial charge in [0.05, 0.1) is 9.72 Å². The van der Waals surface area contributed by atoms with Gasteiger partial charge in [-0.05, 0) is 47.0 Å². The minimum Gasteiger partial charge on any atom is -0.504 e. The van der Waals surface area contributed by atoms with Crippen LogP contribution in [0, 0.1) is 6.92 Å². The fourth-order valence-corrected chi connectivity index (χ4v) is 3.92. The Labute approximate surface area is 146 Å². The molecule has 118 valence electrons. The highest BCUT2D eigenvalue weighted by Gasteiger charge is 2.29. The van der Waals surface area contributed by atoms with Crippen LogP contribution < -0.4 is 0 Å². The van der Waals surface area contributed by atoms with Crippen molar-refractivity contribution in [1.82, 2.24) is 0 Å². The van der Waals surface area contributed by atoms with Crippen LogP contribution in [0.1, 0.15) is 16.7 Å². The number of hydrogen-bond acceptors (Lipinski definition) is 4. The normalized spacial score (nSPS) is 17.4. The van der Waals surface area contributed by atoms with E-state index >= 15 is 0 Å². The zero-order valence-corrected chi connectivity index (χ0v) is 14.7. The number of aromatic hydroxyl groups is 2. The number of phenols is 2. The van der Waals surface area contributed by atoms with E-state index in [9.17, 15) is 15.0 Å². The fraction of sp³-hybridized carbons (Fsp3) is 0.176. The molecule has 2 N–H and O–H groups in total. The summed E-state index contributed by atoms with van der Waals surface area (Å²) in [5, 5.41) is 19.6. The number of rotatable bonds is 3. The zero-order chi connectivity index (χ0) is 16.6. The third kappa shape index (κ3) is 3.43. The van der Waals surface area contributed by atoms with Gasteiger partial charge in [-0.25, -0.2) is 4.99 Å². The Kier molecular flexibility index (Phi) is 4.46.